The van der Waals surface area contributed by atoms with Gasteiger partial charge in [-0.15, -0.1) is 0 Å². The van der Waals surface area contributed by atoms with Crippen molar-refractivity contribution in [2.45, 2.75) is 6.92 Å². The van der Waals surface area contributed by atoms with Gasteiger partial charge in [0.05, 0.1) is 6.61 Å². The molecule has 5 nitrogen and oxygen atoms in total. The zero-order chi connectivity index (χ0) is 12.8. The Kier molecular flexibility index (Phi) is 4.12. The van der Waals surface area contributed by atoms with Crippen LogP contribution in [0.1, 0.15) is 22.8 Å². The summed E-state index contributed by atoms with van der Waals surface area (Å²) in [5.74, 6) is 2.37. The number of aromatic hydroxyl groups is 1. The van der Waals surface area contributed by atoms with E-state index in [4.69, 9.17) is 5.11 Å². The molecule has 0 heterocycles. The SMILES string of the molecule is CCOC(=O)C#Cc1ccc(C(=O)O)c(O)c1. The Morgan fingerprint density at radius 1 is 1.41 bits per heavy atom. The van der Waals surface area contributed by atoms with E-state index in [-0.39, 0.29) is 12.2 Å². The predicted octanol–water partition coefficient (Wildman–Crippen LogP) is 1.01. The van der Waals surface area contributed by atoms with Crippen molar-refractivity contribution >= 4 is 11.9 Å². The molecule has 88 valence electrons. The molecule has 1 aromatic carbocycles. The van der Waals surface area contributed by atoms with Crippen LogP contribution in [0.2, 0.25) is 0 Å². The number of carboxylic acids is 1. The Hall–Kier alpha value is -2.48. The molecule has 0 bridgehead atoms. The fourth-order valence-electron chi connectivity index (χ4n) is 1.08. The first-order valence-electron chi connectivity index (χ1n) is 4.79. The maximum atomic E-state index is 10.9. The van der Waals surface area contributed by atoms with Crippen molar-refractivity contribution in [1.29, 1.82) is 0 Å². The number of rotatable bonds is 2. The van der Waals surface area contributed by atoms with E-state index in [9.17, 15) is 14.7 Å². The number of carboxylic acid groups (broad SMARTS) is 1. The quantitative estimate of drug-likeness (QED) is 0.589. The van der Waals surface area contributed by atoms with Crippen LogP contribution in [0.4, 0.5) is 0 Å². The average molecular weight is 234 g/mol. The smallest absolute Gasteiger partial charge is 0.384 e. The van der Waals surface area contributed by atoms with Gasteiger partial charge >= 0.3 is 11.9 Å². The number of hydrogen-bond donors (Lipinski definition) is 2. The van der Waals surface area contributed by atoms with E-state index in [1.807, 2.05) is 0 Å². The zero-order valence-corrected chi connectivity index (χ0v) is 9.06. The molecule has 0 saturated heterocycles. The van der Waals surface area contributed by atoms with Crippen molar-refractivity contribution in [3.8, 4) is 17.6 Å². The third-order valence-electron chi connectivity index (χ3n) is 1.81. The lowest BCUT2D eigenvalue weighted by molar-refractivity contribution is -0.136. The summed E-state index contributed by atoms with van der Waals surface area (Å²) in [4.78, 5) is 21.5. The monoisotopic (exact) mass is 234 g/mol. The second kappa shape index (κ2) is 5.56. The van der Waals surface area contributed by atoms with Crippen LogP contribution in [0, 0.1) is 11.8 Å². The van der Waals surface area contributed by atoms with Crippen LogP contribution in [0.25, 0.3) is 0 Å². The molecule has 0 fully saturated rings. The molecule has 0 spiro atoms. The molecule has 1 rings (SSSR count). The highest BCUT2D eigenvalue weighted by Gasteiger charge is 2.08. The lowest BCUT2D eigenvalue weighted by Gasteiger charge is -1.98. The third kappa shape index (κ3) is 3.54. The van der Waals surface area contributed by atoms with Crippen molar-refractivity contribution in [2.24, 2.45) is 0 Å². The summed E-state index contributed by atoms with van der Waals surface area (Å²) in [6.45, 7) is 1.89. The zero-order valence-electron chi connectivity index (χ0n) is 9.06. The van der Waals surface area contributed by atoms with Crippen LogP contribution in [0.3, 0.4) is 0 Å². The highest BCUT2D eigenvalue weighted by molar-refractivity contribution is 5.91. The Morgan fingerprint density at radius 2 is 2.12 bits per heavy atom. The summed E-state index contributed by atoms with van der Waals surface area (Å²) in [5.41, 5.74) is 0.118. The van der Waals surface area contributed by atoms with E-state index in [1.165, 1.54) is 18.2 Å². The number of aromatic carboxylic acids is 1. The summed E-state index contributed by atoms with van der Waals surface area (Å²) < 4.78 is 4.59. The Morgan fingerprint density at radius 3 is 2.65 bits per heavy atom. The fourth-order valence-corrected chi connectivity index (χ4v) is 1.08. The van der Waals surface area contributed by atoms with Crippen molar-refractivity contribution < 1.29 is 24.5 Å². The molecule has 0 radical (unpaired) electrons. The van der Waals surface area contributed by atoms with E-state index < -0.39 is 17.7 Å². The average Bonchev–Trinajstić information content (AvgIpc) is 2.26. The van der Waals surface area contributed by atoms with Crippen molar-refractivity contribution in [3.05, 3.63) is 29.3 Å². The molecule has 0 unspecified atom stereocenters. The number of carbonyl (C=O) groups excluding carboxylic acids is 1. The van der Waals surface area contributed by atoms with Crippen LogP contribution in [0.15, 0.2) is 18.2 Å². The molecular formula is C12H10O5. The molecular weight excluding hydrogens is 224 g/mol. The maximum absolute atomic E-state index is 10.9. The Balaban J connectivity index is 2.91. The molecule has 2 N–H and O–H groups in total. The van der Waals surface area contributed by atoms with Crippen LogP contribution >= 0.6 is 0 Å². The number of phenols is 1. The van der Waals surface area contributed by atoms with Crippen LogP contribution in [0.5, 0.6) is 5.75 Å². The first-order valence-corrected chi connectivity index (χ1v) is 4.79. The van der Waals surface area contributed by atoms with Gasteiger partial charge in [0.15, 0.2) is 0 Å². The van der Waals surface area contributed by atoms with Gasteiger partial charge in [0.2, 0.25) is 0 Å². The van der Waals surface area contributed by atoms with Crippen LogP contribution in [-0.4, -0.2) is 28.8 Å². The molecule has 0 aliphatic carbocycles. The number of hydrogen-bond acceptors (Lipinski definition) is 4. The first kappa shape index (κ1) is 12.6. The summed E-state index contributed by atoms with van der Waals surface area (Å²) >= 11 is 0. The van der Waals surface area contributed by atoms with Gasteiger partial charge in [-0.05, 0) is 25.1 Å². The van der Waals surface area contributed by atoms with E-state index in [2.05, 4.69) is 16.6 Å². The number of benzene rings is 1. The minimum Gasteiger partial charge on any atom is -0.507 e. The molecule has 1 aromatic rings. The highest BCUT2D eigenvalue weighted by atomic mass is 16.5. The Bertz CT molecular complexity index is 507. The first-order chi connectivity index (χ1) is 8.04. The predicted molar refractivity (Wildman–Crippen MR) is 58.6 cm³/mol. The minimum atomic E-state index is -1.23. The molecule has 0 saturated carbocycles. The molecule has 0 aromatic heterocycles. The van der Waals surface area contributed by atoms with E-state index >= 15 is 0 Å². The molecule has 5 heteroatoms. The molecule has 0 aliphatic rings. The topological polar surface area (TPSA) is 83.8 Å². The summed E-state index contributed by atoms with van der Waals surface area (Å²) in [5, 5.41) is 18.0. The van der Waals surface area contributed by atoms with Crippen LogP contribution < -0.4 is 0 Å². The van der Waals surface area contributed by atoms with Gasteiger partial charge in [-0.1, -0.05) is 5.92 Å². The number of carbonyl (C=O) groups is 2. The summed E-state index contributed by atoms with van der Waals surface area (Å²) in [7, 11) is 0. The molecule has 17 heavy (non-hydrogen) atoms. The number of esters is 1. The third-order valence-corrected chi connectivity index (χ3v) is 1.81. The lowest BCUT2D eigenvalue weighted by Crippen LogP contribution is -2.00. The standard InChI is InChI=1S/C12H10O5/c1-2-17-11(14)6-4-8-3-5-9(12(15)16)10(13)7-8/h3,5,7,13H,2H2,1H3,(H,15,16). The van der Waals surface area contributed by atoms with Gasteiger partial charge in [-0.25, -0.2) is 9.59 Å². The van der Waals surface area contributed by atoms with Gasteiger partial charge in [0, 0.05) is 11.5 Å². The van der Waals surface area contributed by atoms with Crippen LogP contribution in [-0.2, 0) is 9.53 Å². The van der Waals surface area contributed by atoms with Gasteiger partial charge in [0.25, 0.3) is 0 Å². The molecule has 0 aliphatic heterocycles. The van der Waals surface area contributed by atoms with Crippen molar-refractivity contribution in [2.75, 3.05) is 6.61 Å². The van der Waals surface area contributed by atoms with E-state index in [1.54, 1.807) is 6.92 Å². The summed E-state index contributed by atoms with van der Waals surface area (Å²) in [6, 6.07) is 3.79. The largest absolute Gasteiger partial charge is 0.507 e. The van der Waals surface area contributed by atoms with Crippen molar-refractivity contribution in [3.63, 3.8) is 0 Å². The van der Waals surface area contributed by atoms with Crippen molar-refractivity contribution in [1.82, 2.24) is 0 Å². The van der Waals surface area contributed by atoms with Gasteiger partial charge < -0.3 is 14.9 Å². The van der Waals surface area contributed by atoms with E-state index in [0.717, 1.165) is 0 Å². The second-order valence-corrected chi connectivity index (χ2v) is 3.01. The van der Waals surface area contributed by atoms with Gasteiger partial charge in [-0.2, -0.15) is 0 Å². The van der Waals surface area contributed by atoms with Gasteiger partial charge in [-0.3, -0.25) is 0 Å². The van der Waals surface area contributed by atoms with E-state index in [0.29, 0.717) is 5.56 Å². The molecule has 0 amide bonds. The maximum Gasteiger partial charge on any atom is 0.384 e. The minimum absolute atomic E-state index is 0.216. The highest BCUT2D eigenvalue weighted by Crippen LogP contribution is 2.18. The van der Waals surface area contributed by atoms with Gasteiger partial charge in [0.1, 0.15) is 11.3 Å². The second-order valence-electron chi connectivity index (χ2n) is 3.01. The number of ether oxygens (including phenoxy) is 1. The molecule has 0 atom stereocenters. The fraction of sp³-hybridized carbons (Fsp3) is 0.167. The summed E-state index contributed by atoms with van der Waals surface area (Å²) in [6.07, 6.45) is 0. The normalized spacial score (nSPS) is 9.00. The lowest BCUT2D eigenvalue weighted by atomic mass is 10.1. The Labute approximate surface area is 97.6 Å².